The largest absolute Gasteiger partial charge is 0.484 e. The highest BCUT2D eigenvalue weighted by atomic mass is 32.2. The Morgan fingerprint density at radius 3 is 2.20 bits per heavy atom. The first-order valence-electron chi connectivity index (χ1n) is 12.8. The van der Waals surface area contributed by atoms with Gasteiger partial charge in [-0.2, -0.15) is 18.3 Å². The van der Waals surface area contributed by atoms with E-state index in [0.29, 0.717) is 27.4 Å². The Hall–Kier alpha value is -5.24. The molecule has 0 fully saturated rings. The maximum atomic E-state index is 13.3. The minimum atomic E-state index is -4.73. The van der Waals surface area contributed by atoms with E-state index in [-0.39, 0.29) is 17.2 Å². The number of rotatable bonds is 11. The number of hydrazone groups is 1. The van der Waals surface area contributed by atoms with Crippen molar-refractivity contribution in [3.8, 4) is 5.75 Å². The second-order valence-corrected chi connectivity index (χ2v) is 10.9. The Bertz CT molecular complexity index is 1730. The summed E-state index contributed by atoms with van der Waals surface area (Å²) in [6, 6.07) is 22.1. The van der Waals surface area contributed by atoms with Crippen LogP contribution in [0.5, 0.6) is 5.75 Å². The fourth-order valence-electron chi connectivity index (χ4n) is 3.75. The lowest BCUT2D eigenvalue weighted by Gasteiger charge is -2.24. The summed E-state index contributed by atoms with van der Waals surface area (Å²) in [6.45, 7) is -1.17. The number of sulfonamides is 1. The Kier molecular flexibility index (Phi) is 9.95. The van der Waals surface area contributed by atoms with Gasteiger partial charge >= 0.3 is 6.18 Å². The average molecular weight is 629 g/mol. The lowest BCUT2D eigenvalue weighted by Crippen LogP contribution is -2.39. The van der Waals surface area contributed by atoms with Crippen molar-refractivity contribution in [1.29, 1.82) is 0 Å². The van der Waals surface area contributed by atoms with E-state index in [1.807, 2.05) is 0 Å². The van der Waals surface area contributed by atoms with Gasteiger partial charge in [0, 0.05) is 5.69 Å². The fourth-order valence-corrected chi connectivity index (χ4v) is 5.18. The molecule has 2 amide bonds. The second-order valence-electron chi connectivity index (χ2n) is 9.08. The van der Waals surface area contributed by atoms with E-state index in [1.165, 1.54) is 66.9 Å². The second kappa shape index (κ2) is 13.8. The first-order valence-corrected chi connectivity index (χ1v) is 14.2. The standard InChI is InChI=1S/C30H24F4N4O5S/c31-23-11-13-24(14-12-23)36-29(40)20-43-26-15-9-21(10-16-26)18-35-37-28(39)19-38(44(41,42)27-7-2-1-3-8-27)25-6-4-5-22(17-25)30(32,33)34/h1-18H,19-20H2,(H,36,40)(H,37,39)/b35-18-. The van der Waals surface area contributed by atoms with Gasteiger partial charge < -0.3 is 10.1 Å². The van der Waals surface area contributed by atoms with Crippen LogP contribution >= 0.6 is 0 Å². The number of nitrogens with zero attached hydrogens (tertiary/aromatic N) is 2. The molecule has 4 rings (SSSR count). The smallest absolute Gasteiger partial charge is 0.416 e. The van der Waals surface area contributed by atoms with E-state index < -0.39 is 45.9 Å². The molecule has 0 heterocycles. The van der Waals surface area contributed by atoms with Gasteiger partial charge in [-0.3, -0.25) is 13.9 Å². The number of carbonyl (C=O) groups excluding carboxylic acids is 2. The number of hydrogen-bond acceptors (Lipinski definition) is 6. The van der Waals surface area contributed by atoms with E-state index in [2.05, 4.69) is 15.8 Å². The van der Waals surface area contributed by atoms with Gasteiger partial charge in [0.1, 0.15) is 18.1 Å². The number of benzene rings is 4. The highest BCUT2D eigenvalue weighted by Gasteiger charge is 2.33. The predicted octanol–water partition coefficient (Wildman–Crippen LogP) is 5.21. The minimum Gasteiger partial charge on any atom is -0.484 e. The summed E-state index contributed by atoms with van der Waals surface area (Å²) in [6.07, 6.45) is -3.48. The van der Waals surface area contributed by atoms with Gasteiger partial charge in [-0.1, -0.05) is 24.3 Å². The predicted molar refractivity (Wildman–Crippen MR) is 155 cm³/mol. The summed E-state index contributed by atoms with van der Waals surface area (Å²) in [7, 11) is -4.43. The van der Waals surface area contributed by atoms with E-state index in [4.69, 9.17) is 4.74 Å². The number of alkyl halides is 3. The zero-order valence-electron chi connectivity index (χ0n) is 22.7. The van der Waals surface area contributed by atoms with E-state index in [9.17, 15) is 35.6 Å². The molecule has 0 aromatic heterocycles. The molecule has 0 atom stereocenters. The molecular formula is C30H24F4N4O5S. The lowest BCUT2D eigenvalue weighted by molar-refractivity contribution is -0.137. The average Bonchev–Trinajstić information content (AvgIpc) is 3.00. The van der Waals surface area contributed by atoms with Crippen molar-refractivity contribution in [2.75, 3.05) is 22.8 Å². The molecule has 0 saturated heterocycles. The van der Waals surface area contributed by atoms with Gasteiger partial charge in [-0.15, -0.1) is 0 Å². The monoisotopic (exact) mass is 628 g/mol. The minimum absolute atomic E-state index is 0.219. The number of carbonyl (C=O) groups is 2. The molecular weight excluding hydrogens is 604 g/mol. The molecule has 228 valence electrons. The summed E-state index contributed by atoms with van der Waals surface area (Å²) < 4.78 is 85.6. The fraction of sp³-hybridized carbons (Fsp3) is 0.100. The number of nitrogens with one attached hydrogen (secondary N) is 2. The van der Waals surface area contributed by atoms with Gasteiger partial charge in [0.2, 0.25) is 0 Å². The van der Waals surface area contributed by atoms with Crippen LogP contribution in [-0.2, 0) is 25.8 Å². The Morgan fingerprint density at radius 1 is 0.864 bits per heavy atom. The molecule has 0 spiro atoms. The number of halogens is 4. The number of amides is 2. The van der Waals surface area contributed by atoms with E-state index in [0.717, 1.165) is 18.2 Å². The van der Waals surface area contributed by atoms with E-state index in [1.54, 1.807) is 18.2 Å². The zero-order chi connectivity index (χ0) is 31.7. The van der Waals surface area contributed by atoms with Crippen molar-refractivity contribution in [2.24, 2.45) is 5.10 Å². The molecule has 4 aromatic rings. The summed E-state index contributed by atoms with van der Waals surface area (Å²) >= 11 is 0. The van der Waals surface area contributed by atoms with Crippen LogP contribution in [0.15, 0.2) is 113 Å². The van der Waals surface area contributed by atoms with Crippen LogP contribution in [0, 0.1) is 5.82 Å². The third-order valence-electron chi connectivity index (χ3n) is 5.86. The van der Waals surface area contributed by atoms with Crippen molar-refractivity contribution in [3.63, 3.8) is 0 Å². The Labute approximate surface area is 249 Å². The Balaban J connectivity index is 1.38. The van der Waals surface area contributed by atoms with Gasteiger partial charge in [-0.05, 0) is 84.4 Å². The molecule has 2 N–H and O–H groups in total. The topological polar surface area (TPSA) is 117 Å². The molecule has 0 aliphatic carbocycles. The number of ether oxygens (including phenoxy) is 1. The first-order chi connectivity index (χ1) is 20.9. The first kappa shape index (κ1) is 31.7. The highest BCUT2D eigenvalue weighted by Crippen LogP contribution is 2.33. The molecule has 44 heavy (non-hydrogen) atoms. The normalized spacial score (nSPS) is 11.6. The van der Waals surface area contributed by atoms with Gasteiger partial charge in [0.25, 0.3) is 21.8 Å². The Morgan fingerprint density at radius 2 is 1.55 bits per heavy atom. The quantitative estimate of drug-likeness (QED) is 0.134. The molecule has 0 aliphatic rings. The summed E-state index contributed by atoms with van der Waals surface area (Å²) in [5, 5.41) is 6.36. The summed E-state index contributed by atoms with van der Waals surface area (Å²) in [5.74, 6) is -1.46. The van der Waals surface area contributed by atoms with Crippen molar-refractivity contribution < 1.29 is 40.3 Å². The maximum Gasteiger partial charge on any atom is 0.416 e. The molecule has 14 heteroatoms. The van der Waals surface area contributed by atoms with Gasteiger partial charge in [0.05, 0.1) is 22.4 Å². The molecule has 4 aromatic carbocycles. The summed E-state index contributed by atoms with van der Waals surface area (Å²) in [5.41, 5.74) is 1.64. The van der Waals surface area contributed by atoms with Crippen LogP contribution in [0.2, 0.25) is 0 Å². The molecule has 0 radical (unpaired) electrons. The zero-order valence-corrected chi connectivity index (χ0v) is 23.5. The SMILES string of the molecule is O=C(CN(c1cccc(C(F)(F)F)c1)S(=O)(=O)c1ccccc1)N/N=C\c1ccc(OCC(=O)Nc2ccc(F)cc2)cc1. The molecule has 9 nitrogen and oxygen atoms in total. The molecule has 0 unspecified atom stereocenters. The van der Waals surface area contributed by atoms with Crippen LogP contribution in [0.4, 0.5) is 28.9 Å². The summed E-state index contributed by atoms with van der Waals surface area (Å²) in [4.78, 5) is 24.5. The van der Waals surface area contributed by atoms with Crippen LogP contribution < -0.4 is 19.8 Å². The number of hydrogen-bond donors (Lipinski definition) is 2. The maximum absolute atomic E-state index is 13.3. The molecule has 0 aliphatic heterocycles. The van der Waals surface area contributed by atoms with Crippen LogP contribution in [0.25, 0.3) is 0 Å². The third-order valence-corrected chi connectivity index (χ3v) is 7.65. The van der Waals surface area contributed by atoms with Gasteiger partial charge in [0.15, 0.2) is 6.61 Å². The van der Waals surface area contributed by atoms with Crippen molar-refractivity contribution in [2.45, 2.75) is 11.1 Å². The third kappa shape index (κ3) is 8.64. The van der Waals surface area contributed by atoms with Crippen LogP contribution in [0.1, 0.15) is 11.1 Å². The highest BCUT2D eigenvalue weighted by molar-refractivity contribution is 7.92. The van der Waals surface area contributed by atoms with Crippen LogP contribution in [-0.4, -0.2) is 39.6 Å². The molecule has 0 bridgehead atoms. The van der Waals surface area contributed by atoms with Crippen molar-refractivity contribution in [3.05, 3.63) is 120 Å². The lowest BCUT2D eigenvalue weighted by atomic mass is 10.2. The van der Waals surface area contributed by atoms with E-state index >= 15 is 0 Å². The van der Waals surface area contributed by atoms with Crippen molar-refractivity contribution >= 4 is 39.4 Å². The van der Waals surface area contributed by atoms with Crippen molar-refractivity contribution in [1.82, 2.24) is 5.43 Å². The number of anilines is 2. The van der Waals surface area contributed by atoms with Crippen LogP contribution in [0.3, 0.4) is 0 Å². The molecule has 0 saturated carbocycles. The van der Waals surface area contributed by atoms with Gasteiger partial charge in [-0.25, -0.2) is 18.2 Å².